The molecule has 1 heterocycles. The molecule has 0 atom stereocenters. The van der Waals surface area contributed by atoms with Crippen LogP contribution in [-0.4, -0.2) is 24.8 Å². The maximum atomic E-state index is 13.2. The van der Waals surface area contributed by atoms with Gasteiger partial charge in [-0.2, -0.15) is 0 Å². The van der Waals surface area contributed by atoms with E-state index in [-0.39, 0.29) is 5.82 Å². The third-order valence-electron chi connectivity index (χ3n) is 4.03. The summed E-state index contributed by atoms with van der Waals surface area (Å²) in [5.41, 5.74) is 3.26. The van der Waals surface area contributed by atoms with Crippen molar-refractivity contribution >= 4 is 22.5 Å². The molecule has 0 saturated carbocycles. The lowest BCUT2D eigenvalue weighted by atomic mass is 10.2. The van der Waals surface area contributed by atoms with Crippen molar-refractivity contribution < 1.29 is 9.13 Å². The number of halogens is 2. The van der Waals surface area contributed by atoms with Gasteiger partial charge < -0.3 is 14.6 Å². The van der Waals surface area contributed by atoms with Crippen LogP contribution < -0.4 is 5.32 Å². The highest BCUT2D eigenvalue weighted by Gasteiger charge is 2.10. The molecule has 1 N–H and O–H groups in total. The van der Waals surface area contributed by atoms with E-state index in [1.165, 1.54) is 23.1 Å². The van der Waals surface area contributed by atoms with Gasteiger partial charge in [-0.1, -0.05) is 35.9 Å². The van der Waals surface area contributed by atoms with Crippen molar-refractivity contribution in [1.82, 2.24) is 9.88 Å². The molecule has 3 aromatic rings. The van der Waals surface area contributed by atoms with Gasteiger partial charge in [-0.05, 0) is 29.3 Å². The van der Waals surface area contributed by atoms with E-state index in [1.807, 2.05) is 12.1 Å². The molecule has 0 saturated heterocycles. The molecular weight excluding hydrogens is 327 g/mol. The standard InChI is InChI=1S/C19H20ClFN2O/c1-24-9-8-22-11-15-13-23(19-5-3-2-4-17(15)19)12-14-6-7-16(21)10-18(14)20/h2-7,10,13,22H,8-9,11-12H2,1H3. The van der Waals surface area contributed by atoms with Gasteiger partial charge in [-0.3, -0.25) is 0 Å². The molecule has 1 aromatic heterocycles. The number of hydrogen-bond acceptors (Lipinski definition) is 2. The molecule has 0 fully saturated rings. The number of hydrogen-bond donors (Lipinski definition) is 1. The van der Waals surface area contributed by atoms with Crippen LogP contribution in [-0.2, 0) is 17.8 Å². The quantitative estimate of drug-likeness (QED) is 0.648. The average molecular weight is 347 g/mol. The van der Waals surface area contributed by atoms with Gasteiger partial charge in [0.2, 0.25) is 0 Å². The zero-order chi connectivity index (χ0) is 16.9. The Hall–Kier alpha value is -1.88. The summed E-state index contributed by atoms with van der Waals surface area (Å²) in [5.74, 6) is -0.316. The third kappa shape index (κ3) is 3.78. The van der Waals surface area contributed by atoms with E-state index in [1.54, 1.807) is 13.2 Å². The Morgan fingerprint density at radius 1 is 1.17 bits per heavy atom. The van der Waals surface area contributed by atoms with Gasteiger partial charge in [0.1, 0.15) is 5.82 Å². The SMILES string of the molecule is COCCNCc1cn(Cc2ccc(F)cc2Cl)c2ccccc12. The fourth-order valence-electron chi connectivity index (χ4n) is 2.83. The van der Waals surface area contributed by atoms with E-state index in [4.69, 9.17) is 16.3 Å². The van der Waals surface area contributed by atoms with Crippen LogP contribution in [0.1, 0.15) is 11.1 Å². The first-order chi connectivity index (χ1) is 11.7. The summed E-state index contributed by atoms with van der Waals surface area (Å²) in [5, 5.41) is 5.04. The van der Waals surface area contributed by atoms with Crippen molar-refractivity contribution in [3.63, 3.8) is 0 Å². The highest BCUT2D eigenvalue weighted by molar-refractivity contribution is 6.31. The molecule has 3 nitrogen and oxygen atoms in total. The summed E-state index contributed by atoms with van der Waals surface area (Å²) in [4.78, 5) is 0. The van der Waals surface area contributed by atoms with Crippen molar-refractivity contribution in [1.29, 1.82) is 0 Å². The number of para-hydroxylation sites is 1. The predicted octanol–water partition coefficient (Wildman–Crippen LogP) is 4.22. The molecule has 0 aliphatic heterocycles. The number of fused-ring (bicyclic) bond motifs is 1. The third-order valence-corrected chi connectivity index (χ3v) is 4.38. The second kappa shape index (κ2) is 7.79. The predicted molar refractivity (Wildman–Crippen MR) is 96.0 cm³/mol. The fourth-order valence-corrected chi connectivity index (χ4v) is 3.05. The molecule has 126 valence electrons. The molecular formula is C19H20ClFN2O. The fraction of sp³-hybridized carbons (Fsp3) is 0.263. The van der Waals surface area contributed by atoms with Crippen molar-refractivity contribution in [3.05, 3.63) is 70.6 Å². The van der Waals surface area contributed by atoms with Gasteiger partial charge in [0.25, 0.3) is 0 Å². The average Bonchev–Trinajstić information content (AvgIpc) is 2.92. The van der Waals surface area contributed by atoms with Gasteiger partial charge in [0.15, 0.2) is 0 Å². The number of benzene rings is 2. The molecule has 0 bridgehead atoms. The van der Waals surface area contributed by atoms with Crippen LogP contribution in [0, 0.1) is 5.82 Å². The number of methoxy groups -OCH3 is 1. The van der Waals surface area contributed by atoms with E-state index in [0.717, 1.165) is 24.2 Å². The number of nitrogens with zero attached hydrogens (tertiary/aromatic N) is 1. The van der Waals surface area contributed by atoms with Crippen molar-refractivity contribution in [2.75, 3.05) is 20.3 Å². The lowest BCUT2D eigenvalue weighted by molar-refractivity contribution is 0.199. The molecule has 0 spiro atoms. The topological polar surface area (TPSA) is 26.2 Å². The Morgan fingerprint density at radius 2 is 2.00 bits per heavy atom. The van der Waals surface area contributed by atoms with Crippen LogP contribution in [0.4, 0.5) is 4.39 Å². The Balaban J connectivity index is 1.87. The van der Waals surface area contributed by atoms with Crippen LogP contribution >= 0.6 is 11.6 Å². The Morgan fingerprint density at radius 3 is 2.79 bits per heavy atom. The Bertz CT molecular complexity index is 831. The second-order valence-corrected chi connectivity index (χ2v) is 6.11. The minimum atomic E-state index is -0.316. The highest BCUT2D eigenvalue weighted by Crippen LogP contribution is 2.25. The molecule has 2 aromatic carbocycles. The second-order valence-electron chi connectivity index (χ2n) is 5.70. The van der Waals surface area contributed by atoms with Gasteiger partial charge in [-0.15, -0.1) is 0 Å². The van der Waals surface area contributed by atoms with Crippen LogP contribution in [0.5, 0.6) is 0 Å². The molecule has 0 aliphatic carbocycles. The summed E-state index contributed by atoms with van der Waals surface area (Å²) < 4.78 is 20.5. The maximum absolute atomic E-state index is 13.2. The smallest absolute Gasteiger partial charge is 0.124 e. The molecule has 0 amide bonds. The van der Waals surface area contributed by atoms with Crippen molar-refractivity contribution in [2.24, 2.45) is 0 Å². The first-order valence-corrected chi connectivity index (χ1v) is 8.27. The van der Waals surface area contributed by atoms with E-state index in [2.05, 4.69) is 28.2 Å². The lowest BCUT2D eigenvalue weighted by Crippen LogP contribution is -2.18. The zero-order valence-electron chi connectivity index (χ0n) is 13.6. The largest absolute Gasteiger partial charge is 0.383 e. The monoisotopic (exact) mass is 346 g/mol. The lowest BCUT2D eigenvalue weighted by Gasteiger charge is -2.07. The summed E-state index contributed by atoms with van der Waals surface area (Å²) in [6, 6.07) is 12.8. The van der Waals surface area contributed by atoms with Crippen LogP contribution in [0.15, 0.2) is 48.7 Å². The number of nitrogens with one attached hydrogen (secondary N) is 1. The number of rotatable bonds is 7. The minimum Gasteiger partial charge on any atom is -0.383 e. The van der Waals surface area contributed by atoms with E-state index in [0.29, 0.717) is 18.2 Å². The molecule has 3 rings (SSSR count). The number of ether oxygens (including phenoxy) is 1. The maximum Gasteiger partial charge on any atom is 0.124 e. The van der Waals surface area contributed by atoms with E-state index < -0.39 is 0 Å². The molecule has 0 aliphatic rings. The molecule has 5 heteroatoms. The summed E-state index contributed by atoms with van der Waals surface area (Å²) in [7, 11) is 1.69. The molecule has 0 unspecified atom stereocenters. The molecule has 0 radical (unpaired) electrons. The summed E-state index contributed by atoms with van der Waals surface area (Å²) >= 11 is 6.18. The molecule has 24 heavy (non-hydrogen) atoms. The van der Waals surface area contributed by atoms with Gasteiger partial charge >= 0.3 is 0 Å². The summed E-state index contributed by atoms with van der Waals surface area (Å²) in [6.45, 7) is 2.87. The highest BCUT2D eigenvalue weighted by atomic mass is 35.5. The van der Waals surface area contributed by atoms with Gasteiger partial charge in [-0.25, -0.2) is 4.39 Å². The minimum absolute atomic E-state index is 0.316. The first kappa shape index (κ1) is 17.0. The van der Waals surface area contributed by atoms with Crippen molar-refractivity contribution in [3.8, 4) is 0 Å². The van der Waals surface area contributed by atoms with Crippen LogP contribution in [0.3, 0.4) is 0 Å². The Labute approximate surface area is 146 Å². The van der Waals surface area contributed by atoms with E-state index in [9.17, 15) is 4.39 Å². The zero-order valence-corrected chi connectivity index (χ0v) is 14.3. The van der Waals surface area contributed by atoms with Gasteiger partial charge in [0.05, 0.1) is 6.61 Å². The summed E-state index contributed by atoms with van der Waals surface area (Å²) in [6.07, 6.45) is 2.13. The van der Waals surface area contributed by atoms with Gasteiger partial charge in [0, 0.05) is 48.9 Å². The first-order valence-electron chi connectivity index (χ1n) is 7.89. The van der Waals surface area contributed by atoms with Crippen LogP contribution in [0.2, 0.25) is 5.02 Å². The van der Waals surface area contributed by atoms with Crippen molar-refractivity contribution in [2.45, 2.75) is 13.1 Å². The number of aromatic nitrogens is 1. The normalized spacial score (nSPS) is 11.3. The Kier molecular flexibility index (Phi) is 5.51. The van der Waals surface area contributed by atoms with Crippen LogP contribution in [0.25, 0.3) is 10.9 Å². The van der Waals surface area contributed by atoms with E-state index >= 15 is 0 Å².